The number of carboxylic acid groups (broad SMARTS) is 1. The second-order valence-corrected chi connectivity index (χ2v) is 2.48. The van der Waals surface area contributed by atoms with Crippen LogP contribution >= 0.6 is 0 Å². The highest BCUT2D eigenvalue weighted by Gasteiger charge is 2.12. The minimum atomic E-state index is -0.920. The van der Waals surface area contributed by atoms with Gasteiger partial charge < -0.3 is 14.8 Å². The molecule has 1 aromatic rings. The van der Waals surface area contributed by atoms with Crippen molar-refractivity contribution in [3.05, 3.63) is 18.2 Å². The van der Waals surface area contributed by atoms with Gasteiger partial charge in [0.05, 0.1) is 18.6 Å². The van der Waals surface area contributed by atoms with Crippen molar-refractivity contribution in [2.24, 2.45) is 0 Å². The van der Waals surface area contributed by atoms with Crippen molar-refractivity contribution in [3.63, 3.8) is 0 Å². The Balaban J connectivity index is 2.81. The molecule has 2 N–H and O–H groups in total. The van der Waals surface area contributed by atoms with Gasteiger partial charge >= 0.3 is 5.97 Å². The SMILES string of the molecule is CC(C(=O)O)n1cnc(CO)c1. The Morgan fingerprint density at radius 2 is 2.50 bits per heavy atom. The fourth-order valence-electron chi connectivity index (χ4n) is 0.801. The maximum absolute atomic E-state index is 10.5. The summed E-state index contributed by atoms with van der Waals surface area (Å²) in [4.78, 5) is 14.3. The van der Waals surface area contributed by atoms with E-state index in [-0.39, 0.29) is 6.61 Å². The molecule has 5 heteroatoms. The molecule has 1 rings (SSSR count). The van der Waals surface area contributed by atoms with E-state index < -0.39 is 12.0 Å². The highest BCUT2D eigenvalue weighted by atomic mass is 16.4. The van der Waals surface area contributed by atoms with Gasteiger partial charge in [-0.05, 0) is 6.92 Å². The number of hydrogen-bond acceptors (Lipinski definition) is 3. The molecule has 1 unspecified atom stereocenters. The molecule has 0 amide bonds. The summed E-state index contributed by atoms with van der Waals surface area (Å²) >= 11 is 0. The Labute approximate surface area is 69.3 Å². The second-order valence-electron chi connectivity index (χ2n) is 2.48. The number of aliphatic hydroxyl groups is 1. The lowest BCUT2D eigenvalue weighted by atomic mass is 10.3. The zero-order valence-corrected chi connectivity index (χ0v) is 6.64. The average Bonchev–Trinajstić information content (AvgIpc) is 2.50. The molecule has 0 aromatic carbocycles. The molecule has 0 aliphatic rings. The van der Waals surface area contributed by atoms with E-state index in [1.807, 2.05) is 0 Å². The number of carbonyl (C=O) groups is 1. The Bertz CT molecular complexity index is 282. The Hall–Kier alpha value is -1.36. The molecule has 1 aromatic heterocycles. The first-order chi connectivity index (χ1) is 5.65. The van der Waals surface area contributed by atoms with Gasteiger partial charge in [0.2, 0.25) is 0 Å². The van der Waals surface area contributed by atoms with Crippen LogP contribution in [0.4, 0.5) is 0 Å². The van der Waals surface area contributed by atoms with E-state index in [9.17, 15) is 4.79 Å². The van der Waals surface area contributed by atoms with Gasteiger partial charge in [0, 0.05) is 6.20 Å². The van der Waals surface area contributed by atoms with Crippen LogP contribution in [0.5, 0.6) is 0 Å². The van der Waals surface area contributed by atoms with Crippen molar-refractivity contribution in [1.29, 1.82) is 0 Å². The Kier molecular flexibility index (Phi) is 2.44. The summed E-state index contributed by atoms with van der Waals surface area (Å²) in [7, 11) is 0. The number of aliphatic hydroxyl groups excluding tert-OH is 1. The summed E-state index contributed by atoms with van der Waals surface area (Å²) in [5, 5.41) is 17.3. The summed E-state index contributed by atoms with van der Waals surface area (Å²) in [6, 6.07) is -0.641. The monoisotopic (exact) mass is 170 g/mol. The van der Waals surface area contributed by atoms with Crippen molar-refractivity contribution in [1.82, 2.24) is 9.55 Å². The molecule has 66 valence electrons. The lowest BCUT2D eigenvalue weighted by Gasteiger charge is -2.05. The third-order valence-corrected chi connectivity index (χ3v) is 1.62. The van der Waals surface area contributed by atoms with Crippen molar-refractivity contribution >= 4 is 5.97 Å². The largest absolute Gasteiger partial charge is 0.480 e. The lowest BCUT2D eigenvalue weighted by molar-refractivity contribution is -0.140. The predicted octanol–water partition coefficient (Wildman–Crippen LogP) is 0.0210. The van der Waals surface area contributed by atoms with Crippen LogP contribution in [0.15, 0.2) is 12.5 Å². The molecule has 1 atom stereocenters. The van der Waals surface area contributed by atoms with Crippen LogP contribution in [0.3, 0.4) is 0 Å². The molecule has 0 radical (unpaired) electrons. The summed E-state index contributed by atoms with van der Waals surface area (Å²) < 4.78 is 1.44. The van der Waals surface area contributed by atoms with Gasteiger partial charge in [-0.2, -0.15) is 0 Å². The number of aromatic nitrogens is 2. The van der Waals surface area contributed by atoms with Crippen LogP contribution in [-0.4, -0.2) is 25.7 Å². The van der Waals surface area contributed by atoms with E-state index in [1.165, 1.54) is 17.1 Å². The van der Waals surface area contributed by atoms with Crippen LogP contribution < -0.4 is 0 Å². The summed E-state index contributed by atoms with van der Waals surface area (Å²) in [6.07, 6.45) is 2.91. The number of hydrogen-bond donors (Lipinski definition) is 2. The second kappa shape index (κ2) is 3.36. The number of carboxylic acids is 1. The van der Waals surface area contributed by atoms with Gasteiger partial charge in [-0.25, -0.2) is 9.78 Å². The highest BCUT2D eigenvalue weighted by molar-refractivity contribution is 5.71. The molecule has 5 nitrogen and oxygen atoms in total. The topological polar surface area (TPSA) is 75.3 Å². The molecule has 0 fully saturated rings. The van der Waals surface area contributed by atoms with Gasteiger partial charge in [0.1, 0.15) is 6.04 Å². The molecule has 0 bridgehead atoms. The van der Waals surface area contributed by atoms with E-state index >= 15 is 0 Å². The first-order valence-corrected chi connectivity index (χ1v) is 3.51. The lowest BCUT2D eigenvalue weighted by Crippen LogP contribution is -2.13. The first-order valence-electron chi connectivity index (χ1n) is 3.51. The number of imidazole rings is 1. The normalized spacial score (nSPS) is 12.8. The van der Waals surface area contributed by atoms with E-state index in [2.05, 4.69) is 4.98 Å². The van der Waals surface area contributed by atoms with Crippen molar-refractivity contribution in [2.75, 3.05) is 0 Å². The zero-order valence-electron chi connectivity index (χ0n) is 6.64. The van der Waals surface area contributed by atoms with Gasteiger partial charge in [-0.3, -0.25) is 0 Å². The highest BCUT2D eigenvalue weighted by Crippen LogP contribution is 2.06. The van der Waals surface area contributed by atoms with E-state index in [0.29, 0.717) is 5.69 Å². The quantitative estimate of drug-likeness (QED) is 0.670. The summed E-state index contributed by atoms with van der Waals surface area (Å²) in [6.45, 7) is 1.38. The molecular weight excluding hydrogens is 160 g/mol. The first kappa shape index (κ1) is 8.73. The third-order valence-electron chi connectivity index (χ3n) is 1.62. The van der Waals surface area contributed by atoms with Crippen molar-refractivity contribution in [2.45, 2.75) is 19.6 Å². The molecule has 0 saturated carbocycles. The molecule has 0 aliphatic carbocycles. The fourth-order valence-corrected chi connectivity index (χ4v) is 0.801. The summed E-state index contributed by atoms with van der Waals surface area (Å²) in [5.41, 5.74) is 0.475. The smallest absolute Gasteiger partial charge is 0.326 e. The third kappa shape index (κ3) is 1.62. The standard InChI is InChI=1S/C7H10N2O3/c1-5(7(11)12)9-2-6(3-10)8-4-9/h2,4-5,10H,3H2,1H3,(H,11,12). The van der Waals surface area contributed by atoms with Crippen LogP contribution in [0.1, 0.15) is 18.7 Å². The Morgan fingerprint density at radius 1 is 1.83 bits per heavy atom. The van der Waals surface area contributed by atoms with Crippen LogP contribution in [0.2, 0.25) is 0 Å². The molecule has 0 aliphatic heterocycles. The maximum Gasteiger partial charge on any atom is 0.326 e. The number of rotatable bonds is 3. The molecular formula is C7H10N2O3. The zero-order chi connectivity index (χ0) is 9.14. The van der Waals surface area contributed by atoms with Crippen LogP contribution in [-0.2, 0) is 11.4 Å². The van der Waals surface area contributed by atoms with E-state index in [0.717, 1.165) is 0 Å². The van der Waals surface area contributed by atoms with Crippen LogP contribution in [0, 0.1) is 0 Å². The molecule has 0 saturated heterocycles. The molecule has 12 heavy (non-hydrogen) atoms. The number of aliphatic carboxylic acids is 1. The minimum Gasteiger partial charge on any atom is -0.480 e. The molecule has 1 heterocycles. The fraction of sp³-hybridized carbons (Fsp3) is 0.429. The predicted molar refractivity (Wildman–Crippen MR) is 40.5 cm³/mol. The van der Waals surface area contributed by atoms with Gasteiger partial charge in [0.25, 0.3) is 0 Å². The summed E-state index contributed by atoms with van der Waals surface area (Å²) in [5.74, 6) is -0.920. The van der Waals surface area contributed by atoms with E-state index in [4.69, 9.17) is 10.2 Å². The average molecular weight is 170 g/mol. The minimum absolute atomic E-state index is 0.167. The van der Waals surface area contributed by atoms with E-state index in [1.54, 1.807) is 6.92 Å². The molecule has 0 spiro atoms. The van der Waals surface area contributed by atoms with Gasteiger partial charge in [-0.1, -0.05) is 0 Å². The number of nitrogens with zero attached hydrogens (tertiary/aromatic N) is 2. The van der Waals surface area contributed by atoms with Gasteiger partial charge in [0.15, 0.2) is 0 Å². The Morgan fingerprint density at radius 3 is 2.92 bits per heavy atom. The van der Waals surface area contributed by atoms with Crippen LogP contribution in [0.25, 0.3) is 0 Å². The maximum atomic E-state index is 10.5. The van der Waals surface area contributed by atoms with Crippen molar-refractivity contribution in [3.8, 4) is 0 Å². The van der Waals surface area contributed by atoms with Gasteiger partial charge in [-0.15, -0.1) is 0 Å². The van der Waals surface area contributed by atoms with Crippen molar-refractivity contribution < 1.29 is 15.0 Å².